The Morgan fingerprint density at radius 2 is 2.00 bits per heavy atom. The van der Waals surface area contributed by atoms with Gasteiger partial charge in [0.15, 0.2) is 0 Å². The van der Waals surface area contributed by atoms with Crippen molar-refractivity contribution in [3.8, 4) is 0 Å². The van der Waals surface area contributed by atoms with E-state index >= 15 is 0 Å². The van der Waals surface area contributed by atoms with Gasteiger partial charge < -0.3 is 10.5 Å². The van der Waals surface area contributed by atoms with E-state index in [4.69, 9.17) is 10.5 Å². The number of hydrogen-bond donors (Lipinski definition) is 1. The first kappa shape index (κ1) is 16.1. The summed E-state index contributed by atoms with van der Waals surface area (Å²) in [7, 11) is 0. The predicted octanol–water partition coefficient (Wildman–Crippen LogP) is 2.15. The molecule has 0 spiro atoms. The summed E-state index contributed by atoms with van der Waals surface area (Å²) in [5, 5.41) is 10.7. The topological polar surface area (TPSA) is 95.5 Å². The van der Waals surface area contributed by atoms with Gasteiger partial charge in [-0.3, -0.25) is 14.9 Å². The molecule has 0 amide bonds. The van der Waals surface area contributed by atoms with Crippen LogP contribution in [0.2, 0.25) is 0 Å². The molecule has 1 aromatic rings. The van der Waals surface area contributed by atoms with Crippen molar-refractivity contribution in [2.75, 3.05) is 13.2 Å². The molecule has 0 saturated carbocycles. The fourth-order valence-corrected chi connectivity index (χ4v) is 2.06. The Kier molecular flexibility index (Phi) is 5.64. The summed E-state index contributed by atoms with van der Waals surface area (Å²) in [5.74, 6) is -0.331. The zero-order valence-electron chi connectivity index (χ0n) is 11.8. The highest BCUT2D eigenvalue weighted by molar-refractivity contribution is 5.82. The maximum absolute atomic E-state index is 12.2. The molecule has 0 aromatic heterocycles. The summed E-state index contributed by atoms with van der Waals surface area (Å²) in [5.41, 5.74) is 5.38. The second-order valence-electron chi connectivity index (χ2n) is 4.75. The first-order valence-electron chi connectivity index (χ1n) is 6.58. The number of benzene rings is 1. The van der Waals surface area contributed by atoms with Crippen LogP contribution in [0.25, 0.3) is 0 Å². The molecule has 0 aliphatic rings. The molecule has 0 radical (unpaired) electrons. The second kappa shape index (κ2) is 7.00. The summed E-state index contributed by atoms with van der Waals surface area (Å²) in [6.45, 7) is 4.30. The Morgan fingerprint density at radius 1 is 1.40 bits per heavy atom. The van der Waals surface area contributed by atoms with Gasteiger partial charge in [-0.25, -0.2) is 0 Å². The molecule has 6 heteroatoms. The molecule has 20 heavy (non-hydrogen) atoms. The maximum Gasteiger partial charge on any atom is 0.316 e. The van der Waals surface area contributed by atoms with Crippen LogP contribution in [0.1, 0.15) is 32.3 Å². The van der Waals surface area contributed by atoms with Gasteiger partial charge >= 0.3 is 5.97 Å². The predicted molar refractivity (Wildman–Crippen MR) is 75.4 cm³/mol. The molecule has 0 heterocycles. The van der Waals surface area contributed by atoms with E-state index in [1.54, 1.807) is 26.0 Å². The van der Waals surface area contributed by atoms with Crippen LogP contribution in [0.4, 0.5) is 5.69 Å². The van der Waals surface area contributed by atoms with Crippen LogP contribution < -0.4 is 5.73 Å². The fourth-order valence-electron chi connectivity index (χ4n) is 2.06. The minimum atomic E-state index is -0.829. The normalized spacial score (nSPS) is 13.6. The highest BCUT2D eigenvalue weighted by Gasteiger charge is 2.36. The molecular formula is C14H20N2O4. The van der Waals surface area contributed by atoms with Crippen molar-refractivity contribution < 1.29 is 14.5 Å². The number of carbonyl (C=O) groups excluding carboxylic acids is 1. The first-order chi connectivity index (χ1) is 9.45. The lowest BCUT2D eigenvalue weighted by atomic mass is 9.78. The largest absolute Gasteiger partial charge is 0.465 e. The lowest BCUT2D eigenvalue weighted by Crippen LogP contribution is -2.35. The molecular weight excluding hydrogens is 260 g/mol. The molecule has 0 fully saturated rings. The fraction of sp³-hybridized carbons (Fsp3) is 0.500. The number of nitrogens with zero attached hydrogens (tertiary/aromatic N) is 1. The van der Waals surface area contributed by atoms with Crippen molar-refractivity contribution in [3.05, 3.63) is 39.9 Å². The highest BCUT2D eigenvalue weighted by Crippen LogP contribution is 2.31. The number of ether oxygens (including phenoxy) is 1. The number of nitrogens with two attached hydrogens (primary N) is 1. The van der Waals surface area contributed by atoms with Crippen molar-refractivity contribution in [1.82, 2.24) is 0 Å². The Labute approximate surface area is 118 Å². The van der Waals surface area contributed by atoms with Crippen molar-refractivity contribution >= 4 is 11.7 Å². The molecule has 1 unspecified atom stereocenters. The summed E-state index contributed by atoms with van der Waals surface area (Å²) >= 11 is 0. The molecule has 0 bridgehead atoms. The van der Waals surface area contributed by atoms with Crippen LogP contribution in [0.15, 0.2) is 24.3 Å². The second-order valence-corrected chi connectivity index (χ2v) is 4.75. The standard InChI is InChI=1S/C14H20N2O4/c1-3-20-13(17)14(2,9-4-10-15)11-5-7-12(8-6-11)16(18)19/h5-8H,3-4,9-10,15H2,1-2H3. The van der Waals surface area contributed by atoms with Crippen LogP contribution in [-0.4, -0.2) is 24.0 Å². The quantitative estimate of drug-likeness (QED) is 0.469. The third kappa shape index (κ3) is 3.54. The number of esters is 1. The summed E-state index contributed by atoms with van der Waals surface area (Å²) < 4.78 is 5.12. The Hall–Kier alpha value is -1.95. The smallest absolute Gasteiger partial charge is 0.316 e. The van der Waals surface area contributed by atoms with E-state index in [0.29, 0.717) is 31.6 Å². The van der Waals surface area contributed by atoms with E-state index in [2.05, 4.69) is 0 Å². The zero-order valence-corrected chi connectivity index (χ0v) is 11.8. The van der Waals surface area contributed by atoms with Crippen LogP contribution in [-0.2, 0) is 14.9 Å². The van der Waals surface area contributed by atoms with Crippen LogP contribution in [0.3, 0.4) is 0 Å². The van der Waals surface area contributed by atoms with E-state index in [1.807, 2.05) is 0 Å². The Bertz CT molecular complexity index is 473. The van der Waals surface area contributed by atoms with Crippen molar-refractivity contribution in [2.24, 2.45) is 5.73 Å². The van der Waals surface area contributed by atoms with E-state index < -0.39 is 10.3 Å². The third-order valence-electron chi connectivity index (χ3n) is 3.32. The molecule has 0 aliphatic heterocycles. The van der Waals surface area contributed by atoms with Crippen LogP contribution in [0, 0.1) is 10.1 Å². The molecule has 2 N–H and O–H groups in total. The van der Waals surface area contributed by atoms with E-state index in [9.17, 15) is 14.9 Å². The average Bonchev–Trinajstić information content (AvgIpc) is 2.45. The minimum absolute atomic E-state index is 0.00113. The average molecular weight is 280 g/mol. The summed E-state index contributed by atoms with van der Waals surface area (Å²) in [6.07, 6.45) is 1.21. The number of nitro benzene ring substituents is 1. The van der Waals surface area contributed by atoms with Gasteiger partial charge in [0, 0.05) is 12.1 Å². The number of non-ortho nitro benzene ring substituents is 1. The van der Waals surface area contributed by atoms with Gasteiger partial charge in [0.05, 0.1) is 16.9 Å². The third-order valence-corrected chi connectivity index (χ3v) is 3.32. The van der Waals surface area contributed by atoms with Gasteiger partial charge in [0.1, 0.15) is 0 Å². The first-order valence-corrected chi connectivity index (χ1v) is 6.58. The van der Waals surface area contributed by atoms with E-state index in [0.717, 1.165) is 0 Å². The van der Waals surface area contributed by atoms with Gasteiger partial charge in [0.25, 0.3) is 5.69 Å². The number of rotatable bonds is 7. The summed E-state index contributed by atoms with van der Waals surface area (Å²) in [4.78, 5) is 22.4. The van der Waals surface area contributed by atoms with Gasteiger partial charge in [-0.1, -0.05) is 12.1 Å². The Balaban J connectivity index is 3.09. The lowest BCUT2D eigenvalue weighted by molar-refractivity contribution is -0.384. The molecule has 0 saturated heterocycles. The van der Waals surface area contributed by atoms with E-state index in [1.165, 1.54) is 12.1 Å². The number of carbonyl (C=O) groups is 1. The molecule has 0 aliphatic carbocycles. The molecule has 1 rings (SSSR count). The lowest BCUT2D eigenvalue weighted by Gasteiger charge is -2.27. The van der Waals surface area contributed by atoms with Gasteiger partial charge in [0.2, 0.25) is 0 Å². The maximum atomic E-state index is 12.2. The van der Waals surface area contributed by atoms with Crippen molar-refractivity contribution in [3.63, 3.8) is 0 Å². The van der Waals surface area contributed by atoms with Crippen LogP contribution >= 0.6 is 0 Å². The van der Waals surface area contributed by atoms with Crippen molar-refractivity contribution in [2.45, 2.75) is 32.1 Å². The number of nitro groups is 1. The zero-order chi connectivity index (χ0) is 15.2. The van der Waals surface area contributed by atoms with E-state index in [-0.39, 0.29) is 11.7 Å². The minimum Gasteiger partial charge on any atom is -0.465 e. The summed E-state index contributed by atoms with van der Waals surface area (Å²) in [6, 6.07) is 6.00. The highest BCUT2D eigenvalue weighted by atomic mass is 16.6. The number of hydrogen-bond acceptors (Lipinski definition) is 5. The monoisotopic (exact) mass is 280 g/mol. The molecule has 1 atom stereocenters. The van der Waals surface area contributed by atoms with Gasteiger partial charge in [-0.05, 0) is 38.8 Å². The van der Waals surface area contributed by atoms with Crippen LogP contribution in [0.5, 0.6) is 0 Å². The van der Waals surface area contributed by atoms with Crippen molar-refractivity contribution in [1.29, 1.82) is 0 Å². The van der Waals surface area contributed by atoms with Gasteiger partial charge in [-0.15, -0.1) is 0 Å². The molecule has 1 aromatic carbocycles. The molecule has 110 valence electrons. The molecule has 6 nitrogen and oxygen atoms in total. The SMILES string of the molecule is CCOC(=O)C(C)(CCCN)c1ccc([N+](=O)[O-])cc1. The Morgan fingerprint density at radius 3 is 2.45 bits per heavy atom. The van der Waals surface area contributed by atoms with Gasteiger partial charge in [-0.2, -0.15) is 0 Å².